The molecule has 0 aliphatic carbocycles. The number of hydrogen-bond donors (Lipinski definition) is 2. The Kier molecular flexibility index (Phi) is 8.00. The summed E-state index contributed by atoms with van der Waals surface area (Å²) >= 11 is 0. The molecule has 0 fully saturated rings. The minimum atomic E-state index is -1.35. The van der Waals surface area contributed by atoms with Gasteiger partial charge >= 0.3 is 0 Å². The highest BCUT2D eigenvalue weighted by Crippen LogP contribution is 2.44. The molecule has 1 amide bonds. The summed E-state index contributed by atoms with van der Waals surface area (Å²) in [5.41, 5.74) is 6.40. The maximum absolute atomic E-state index is 13.7. The number of nitrogens with zero attached hydrogens (tertiary/aromatic N) is 3. The van der Waals surface area contributed by atoms with Gasteiger partial charge in [-0.2, -0.15) is 0 Å². The summed E-state index contributed by atoms with van der Waals surface area (Å²) in [6, 6.07) is 18.9. The van der Waals surface area contributed by atoms with Crippen LogP contribution in [0.15, 0.2) is 73.1 Å². The second-order valence-corrected chi connectivity index (χ2v) is 13.8. The number of fused-ring (bicyclic) bond motifs is 2. The Morgan fingerprint density at radius 1 is 1.02 bits per heavy atom. The van der Waals surface area contributed by atoms with Gasteiger partial charge < -0.3 is 19.9 Å². The van der Waals surface area contributed by atoms with Crippen LogP contribution in [0.25, 0.3) is 22.4 Å². The molecule has 2 aliphatic heterocycles. The molecule has 0 saturated carbocycles. The molecule has 2 aromatic carbocycles. The first-order valence-electron chi connectivity index (χ1n) is 14.2. The van der Waals surface area contributed by atoms with Crippen LogP contribution in [-0.2, 0) is 24.1 Å². The van der Waals surface area contributed by atoms with Crippen molar-refractivity contribution in [3.05, 3.63) is 95.4 Å². The van der Waals surface area contributed by atoms with Crippen molar-refractivity contribution in [3.63, 3.8) is 0 Å². The number of amides is 1. The van der Waals surface area contributed by atoms with Crippen LogP contribution in [0.4, 0.5) is 0 Å². The van der Waals surface area contributed by atoms with Gasteiger partial charge in [-0.25, -0.2) is 13.5 Å². The fraction of sp³-hybridized carbons (Fsp3) is 0.303. The van der Waals surface area contributed by atoms with Gasteiger partial charge in [0.15, 0.2) is 11.5 Å². The van der Waals surface area contributed by atoms with Crippen LogP contribution in [0.5, 0.6) is 11.5 Å². The molecular weight excluding hydrogens is 564 g/mol. The molecule has 0 radical (unpaired) electrons. The maximum Gasteiger partial charge on any atom is 0.270 e. The molecule has 43 heavy (non-hydrogen) atoms. The number of benzene rings is 2. The number of hydrogen-bond acceptors (Lipinski definition) is 7. The third-order valence-corrected chi connectivity index (χ3v) is 9.42. The summed E-state index contributed by atoms with van der Waals surface area (Å²) in [7, 11) is -1.35. The molecule has 6 rings (SSSR count). The van der Waals surface area contributed by atoms with Crippen molar-refractivity contribution in [1.29, 1.82) is 0 Å². The van der Waals surface area contributed by atoms with E-state index in [0.29, 0.717) is 30.2 Å². The summed E-state index contributed by atoms with van der Waals surface area (Å²) in [5, 5.41) is 13.0. The fourth-order valence-electron chi connectivity index (χ4n) is 5.52. The number of carbonyl (C=O) groups is 1. The predicted molar refractivity (Wildman–Crippen MR) is 165 cm³/mol. The van der Waals surface area contributed by atoms with Crippen LogP contribution in [0.2, 0.25) is 0 Å². The Morgan fingerprint density at radius 2 is 1.79 bits per heavy atom. The quantitative estimate of drug-likeness (QED) is 0.288. The van der Waals surface area contributed by atoms with E-state index in [4.69, 9.17) is 14.5 Å². The Morgan fingerprint density at radius 3 is 2.56 bits per heavy atom. The van der Waals surface area contributed by atoms with Crippen molar-refractivity contribution < 1.29 is 23.6 Å². The molecule has 0 spiro atoms. The molecular formula is C33H34N4O5S. The van der Waals surface area contributed by atoms with Crippen molar-refractivity contribution in [1.82, 2.24) is 19.6 Å². The van der Waals surface area contributed by atoms with Gasteiger partial charge in [-0.15, -0.1) is 0 Å². The van der Waals surface area contributed by atoms with Gasteiger partial charge in [0, 0.05) is 43.2 Å². The first-order chi connectivity index (χ1) is 20.7. The lowest BCUT2D eigenvalue weighted by Crippen LogP contribution is -2.36. The summed E-state index contributed by atoms with van der Waals surface area (Å²) in [6.07, 6.45) is 3.89. The zero-order chi connectivity index (χ0) is 30.1. The number of ether oxygens (including phenoxy) is 2. The van der Waals surface area contributed by atoms with E-state index in [1.807, 2.05) is 79.7 Å². The van der Waals surface area contributed by atoms with Crippen LogP contribution in [0, 0.1) is 0 Å². The molecule has 10 heteroatoms. The number of aliphatic hydroxyl groups excluding tert-OH is 1. The molecule has 0 saturated heterocycles. The average molecular weight is 599 g/mol. The van der Waals surface area contributed by atoms with E-state index in [-0.39, 0.29) is 37.6 Å². The van der Waals surface area contributed by atoms with Crippen molar-refractivity contribution >= 4 is 16.9 Å². The van der Waals surface area contributed by atoms with Crippen LogP contribution >= 0.6 is 0 Å². The number of pyridine rings is 2. The molecule has 222 valence electrons. The SMILES string of the molecule is CC(C)(C)[S@](=O)N1Cc2cc(C(=O)NCc3ccc4c(c3)OCO4)nc(-c3cccc(-c4ccncc4)c3)c2[C@@H]1CCO. The van der Waals surface area contributed by atoms with Crippen molar-refractivity contribution in [2.45, 2.75) is 51.1 Å². The largest absolute Gasteiger partial charge is 0.454 e. The Hall–Kier alpha value is -4.12. The van der Waals surface area contributed by atoms with E-state index in [9.17, 15) is 14.1 Å². The van der Waals surface area contributed by atoms with E-state index in [2.05, 4.69) is 10.3 Å². The standard InChI is InChI=1S/C33H34N4O5S/c1-33(2,3)43(40)37-19-25-17-26(32(39)35-18-21-7-8-28-29(15-21)42-20-41-28)36-31(30(25)27(37)11-14-38)24-6-4-5-23(16-24)22-9-12-34-13-10-22/h4-10,12-13,15-17,27,38H,11,14,18-20H2,1-3H3,(H,35,39)/t27-,43-/m0/s1. The van der Waals surface area contributed by atoms with Crippen LogP contribution in [0.1, 0.15) is 60.4 Å². The minimum absolute atomic E-state index is 0.0732. The third kappa shape index (κ3) is 5.90. The van der Waals surface area contributed by atoms with E-state index < -0.39 is 15.7 Å². The Bertz CT molecular complexity index is 1690. The first-order valence-corrected chi connectivity index (χ1v) is 15.3. The lowest BCUT2D eigenvalue weighted by Gasteiger charge is -2.30. The maximum atomic E-state index is 13.7. The average Bonchev–Trinajstić information content (AvgIpc) is 3.63. The van der Waals surface area contributed by atoms with Gasteiger partial charge in [-0.3, -0.25) is 9.78 Å². The lowest BCUT2D eigenvalue weighted by molar-refractivity contribution is 0.0945. The highest BCUT2D eigenvalue weighted by atomic mass is 32.2. The van der Waals surface area contributed by atoms with Gasteiger partial charge in [0.1, 0.15) is 16.7 Å². The number of rotatable bonds is 8. The Balaban J connectivity index is 1.40. The molecule has 2 N–H and O–H groups in total. The fourth-order valence-corrected chi connectivity index (χ4v) is 6.92. The number of nitrogens with one attached hydrogen (secondary N) is 1. The predicted octanol–water partition coefficient (Wildman–Crippen LogP) is 5.17. The third-order valence-electron chi connectivity index (χ3n) is 7.56. The van der Waals surface area contributed by atoms with Crippen LogP contribution < -0.4 is 14.8 Å². The number of aromatic nitrogens is 2. The highest BCUT2D eigenvalue weighted by molar-refractivity contribution is 7.84. The zero-order valence-corrected chi connectivity index (χ0v) is 25.2. The number of aliphatic hydroxyl groups is 1. The lowest BCUT2D eigenvalue weighted by atomic mass is 9.94. The van der Waals surface area contributed by atoms with Crippen molar-refractivity contribution in [2.24, 2.45) is 0 Å². The van der Waals surface area contributed by atoms with Gasteiger partial charge in [0.2, 0.25) is 6.79 Å². The molecule has 0 bridgehead atoms. The van der Waals surface area contributed by atoms with Gasteiger partial charge in [0.25, 0.3) is 5.91 Å². The summed E-state index contributed by atoms with van der Waals surface area (Å²) in [6.45, 7) is 6.59. The highest BCUT2D eigenvalue weighted by Gasteiger charge is 2.40. The molecule has 0 unspecified atom stereocenters. The topological polar surface area (TPSA) is 114 Å². The molecule has 4 aromatic rings. The van der Waals surface area contributed by atoms with E-state index in [1.54, 1.807) is 18.5 Å². The van der Waals surface area contributed by atoms with Crippen LogP contribution in [0.3, 0.4) is 0 Å². The van der Waals surface area contributed by atoms with E-state index in [1.165, 1.54) is 0 Å². The van der Waals surface area contributed by atoms with Gasteiger partial charge in [0.05, 0.1) is 16.5 Å². The second-order valence-electron chi connectivity index (χ2n) is 11.6. The first kappa shape index (κ1) is 29.0. The minimum Gasteiger partial charge on any atom is -0.454 e. The monoisotopic (exact) mass is 598 g/mol. The van der Waals surface area contributed by atoms with Crippen LogP contribution in [-0.4, -0.2) is 47.6 Å². The molecule has 2 aliphatic rings. The molecule has 9 nitrogen and oxygen atoms in total. The van der Waals surface area contributed by atoms with E-state index in [0.717, 1.165) is 33.4 Å². The van der Waals surface area contributed by atoms with E-state index >= 15 is 0 Å². The van der Waals surface area contributed by atoms with Crippen molar-refractivity contribution in [3.8, 4) is 33.9 Å². The van der Waals surface area contributed by atoms with Crippen molar-refractivity contribution in [2.75, 3.05) is 13.4 Å². The molecule has 4 heterocycles. The van der Waals surface area contributed by atoms with Gasteiger partial charge in [-0.05, 0) is 85.8 Å². The van der Waals surface area contributed by atoms with Gasteiger partial charge in [-0.1, -0.05) is 24.3 Å². The number of carbonyl (C=O) groups excluding carboxylic acids is 1. The molecule has 2 atom stereocenters. The Labute approximate surface area is 253 Å². The smallest absolute Gasteiger partial charge is 0.270 e. The summed E-state index contributed by atoms with van der Waals surface area (Å²) in [4.78, 5) is 22.6. The summed E-state index contributed by atoms with van der Waals surface area (Å²) < 4.78 is 26.0. The normalized spacial score (nSPS) is 16.6. The second kappa shape index (κ2) is 11.9. The molecule has 2 aromatic heterocycles. The summed E-state index contributed by atoms with van der Waals surface area (Å²) in [5.74, 6) is 1.02. The zero-order valence-electron chi connectivity index (χ0n) is 24.4.